The number of piperidine rings is 1. The van der Waals surface area contributed by atoms with E-state index < -0.39 is 6.85 Å². The Hall–Kier alpha value is -3.73. The minimum atomic E-state index is -2.26. The molecule has 0 unspecified atom stereocenters. The van der Waals surface area contributed by atoms with Gasteiger partial charge in [0.2, 0.25) is 11.8 Å². The number of hydrogen-bond donors (Lipinski definition) is 0. The number of fused-ring (bicyclic) bond motifs is 1. The van der Waals surface area contributed by atoms with Gasteiger partial charge < -0.3 is 18.9 Å². The van der Waals surface area contributed by atoms with Crippen LogP contribution in [-0.2, 0) is 29.2 Å². The topological polar surface area (TPSA) is 98.5 Å². The molecule has 0 radical (unpaired) electrons. The Kier molecular flexibility index (Phi) is 7.70. The molecule has 0 N–H and O–H groups in total. The Balaban J connectivity index is 1.18. The number of rotatable bonds is 8. The van der Waals surface area contributed by atoms with E-state index in [4.69, 9.17) is 41.8 Å². The smallest absolute Gasteiger partial charge is 0.305 e. The summed E-state index contributed by atoms with van der Waals surface area (Å²) in [7, 11) is 1.43. The number of aromatic nitrogens is 5. The second-order valence-electron chi connectivity index (χ2n) is 10.8. The minimum Gasteiger partial charge on any atom is -0.469 e. The molecule has 0 saturated carbocycles. The molecule has 0 atom stereocenters. The Labute approximate surface area is 264 Å². The van der Waals surface area contributed by atoms with Crippen molar-refractivity contribution in [1.82, 2.24) is 29.4 Å². The summed E-state index contributed by atoms with van der Waals surface area (Å²) in [5.74, 6) is 1.55. The van der Waals surface area contributed by atoms with Crippen molar-refractivity contribution in [2.75, 3.05) is 31.6 Å². The third kappa shape index (κ3) is 7.09. The van der Waals surface area contributed by atoms with E-state index in [-0.39, 0.29) is 11.8 Å². The van der Waals surface area contributed by atoms with E-state index in [2.05, 4.69) is 19.9 Å². The molecule has 1 fully saturated rings. The van der Waals surface area contributed by atoms with Crippen LogP contribution in [0.2, 0.25) is 10.0 Å². The van der Waals surface area contributed by atoms with Crippen molar-refractivity contribution in [3.05, 3.63) is 76.0 Å². The number of carbonyl (C=O) groups is 1. The SMILES string of the molecule is [2H]C([2H])([2H])c1ncc2n1CCN(c1ncc(Oc3cc(CN4CCC(CC(=O)OC)CC4)cc(-c4cc(Cl)cc(Cl)c4)n3)cn1)C2. The summed E-state index contributed by atoms with van der Waals surface area (Å²) in [5.41, 5.74) is 3.22. The Morgan fingerprint density at radius 3 is 2.49 bits per heavy atom. The lowest BCUT2D eigenvalue weighted by atomic mass is 9.93. The van der Waals surface area contributed by atoms with Crippen LogP contribution in [-0.4, -0.2) is 62.1 Å². The van der Waals surface area contributed by atoms with Crippen LogP contribution in [0.1, 0.15) is 40.5 Å². The predicted molar refractivity (Wildman–Crippen MR) is 164 cm³/mol. The lowest BCUT2D eigenvalue weighted by Crippen LogP contribution is -2.34. The largest absolute Gasteiger partial charge is 0.469 e. The maximum absolute atomic E-state index is 11.7. The minimum absolute atomic E-state index is 0.101. The van der Waals surface area contributed by atoms with Gasteiger partial charge in [0.1, 0.15) is 5.82 Å². The van der Waals surface area contributed by atoms with Crippen LogP contribution < -0.4 is 9.64 Å². The highest BCUT2D eigenvalue weighted by atomic mass is 35.5. The maximum atomic E-state index is 11.7. The second kappa shape index (κ2) is 12.9. The van der Waals surface area contributed by atoms with E-state index in [0.29, 0.717) is 71.8 Å². The number of anilines is 1. The number of halogens is 2. The molecule has 0 bridgehead atoms. The molecular weight excluding hydrogens is 589 g/mol. The number of aryl methyl sites for hydroxylation is 1. The van der Waals surface area contributed by atoms with Gasteiger partial charge in [0.15, 0.2) is 5.75 Å². The fraction of sp³-hybridized carbons (Fsp3) is 0.387. The van der Waals surface area contributed by atoms with Crippen LogP contribution >= 0.6 is 23.2 Å². The van der Waals surface area contributed by atoms with Gasteiger partial charge in [-0.3, -0.25) is 9.69 Å². The van der Waals surface area contributed by atoms with Crippen molar-refractivity contribution in [1.29, 1.82) is 0 Å². The number of carbonyl (C=O) groups excluding carboxylic acids is 1. The van der Waals surface area contributed by atoms with Crippen molar-refractivity contribution < 1.29 is 18.4 Å². The molecule has 0 amide bonds. The van der Waals surface area contributed by atoms with E-state index in [1.165, 1.54) is 7.11 Å². The van der Waals surface area contributed by atoms with Crippen LogP contribution in [0.3, 0.4) is 0 Å². The van der Waals surface area contributed by atoms with Crippen LogP contribution in [0.4, 0.5) is 5.95 Å². The molecule has 0 spiro atoms. The zero-order valence-corrected chi connectivity index (χ0v) is 25.2. The van der Waals surface area contributed by atoms with E-state index in [1.54, 1.807) is 29.2 Å². The molecule has 0 aliphatic carbocycles. The van der Waals surface area contributed by atoms with Crippen LogP contribution in [0.5, 0.6) is 11.6 Å². The summed E-state index contributed by atoms with van der Waals surface area (Å²) < 4.78 is 35.9. The number of likely N-dealkylation sites (tertiary alicyclic amines) is 1. The van der Waals surface area contributed by atoms with Gasteiger partial charge in [-0.15, -0.1) is 0 Å². The monoisotopic (exact) mass is 624 g/mol. The first kappa shape index (κ1) is 25.7. The summed E-state index contributed by atoms with van der Waals surface area (Å²) in [6.07, 6.45) is 7.08. The number of nitrogens with zero attached hydrogens (tertiary/aromatic N) is 7. The molecule has 224 valence electrons. The van der Waals surface area contributed by atoms with Crippen LogP contribution in [0.15, 0.2) is 48.9 Å². The zero-order valence-electron chi connectivity index (χ0n) is 26.7. The zero-order chi connectivity index (χ0) is 32.4. The summed E-state index contributed by atoms with van der Waals surface area (Å²) in [6, 6.07) is 9.20. The highest BCUT2D eigenvalue weighted by Gasteiger charge is 2.23. The second-order valence-corrected chi connectivity index (χ2v) is 11.7. The summed E-state index contributed by atoms with van der Waals surface area (Å²) in [4.78, 5) is 34.0. The first-order chi connectivity index (χ1) is 22.0. The number of ether oxygens (including phenoxy) is 2. The maximum Gasteiger partial charge on any atom is 0.305 e. The van der Waals surface area contributed by atoms with E-state index >= 15 is 0 Å². The molecule has 2 aliphatic heterocycles. The van der Waals surface area contributed by atoms with Crippen molar-refractivity contribution in [2.45, 2.75) is 45.7 Å². The normalized spacial score (nSPS) is 17.1. The van der Waals surface area contributed by atoms with Gasteiger partial charge in [-0.05, 0) is 68.5 Å². The standard InChI is InChI=1S/C31H33Cl2N7O3/c1-20-34-15-26-19-39(7-8-40(20)26)31-35-16-27(17-36-31)43-29-10-22(9-28(37-29)23-12-24(32)14-25(33)13-23)18-38-5-3-21(4-6-38)11-30(41)42-2/h9-10,12-17,21H,3-8,11,18-19H2,1-2H3/i1D3. The van der Waals surface area contributed by atoms with Gasteiger partial charge in [0.25, 0.3) is 0 Å². The van der Waals surface area contributed by atoms with E-state index in [1.807, 2.05) is 29.2 Å². The summed E-state index contributed by atoms with van der Waals surface area (Å²) in [6.45, 7) is 1.60. The van der Waals surface area contributed by atoms with Crippen LogP contribution in [0.25, 0.3) is 11.3 Å². The van der Waals surface area contributed by atoms with Crippen molar-refractivity contribution in [3.63, 3.8) is 0 Å². The first-order valence-electron chi connectivity index (χ1n) is 15.6. The third-order valence-electron chi connectivity index (χ3n) is 7.82. The fourth-order valence-electron chi connectivity index (χ4n) is 5.58. The van der Waals surface area contributed by atoms with E-state index in [9.17, 15) is 4.79 Å². The molecule has 2 aliphatic rings. The highest BCUT2D eigenvalue weighted by molar-refractivity contribution is 6.35. The summed E-state index contributed by atoms with van der Waals surface area (Å²) >= 11 is 12.6. The van der Waals surface area contributed by atoms with Crippen molar-refractivity contribution in [2.24, 2.45) is 5.92 Å². The van der Waals surface area contributed by atoms with Gasteiger partial charge in [0, 0.05) is 51.8 Å². The Morgan fingerprint density at radius 2 is 1.77 bits per heavy atom. The quantitative estimate of drug-likeness (QED) is 0.221. The number of pyridine rings is 1. The molecule has 6 rings (SSSR count). The first-order valence-corrected chi connectivity index (χ1v) is 14.9. The van der Waals surface area contributed by atoms with Gasteiger partial charge in [-0.2, -0.15) is 0 Å². The van der Waals surface area contributed by atoms with Crippen molar-refractivity contribution in [3.8, 4) is 22.9 Å². The number of hydrogen-bond acceptors (Lipinski definition) is 9. The molecule has 1 saturated heterocycles. The van der Waals surface area contributed by atoms with Gasteiger partial charge in [0.05, 0.1) is 43.6 Å². The van der Waals surface area contributed by atoms with E-state index in [0.717, 1.165) is 42.8 Å². The number of esters is 1. The van der Waals surface area contributed by atoms with Gasteiger partial charge in [-0.25, -0.2) is 19.9 Å². The predicted octanol–water partition coefficient (Wildman–Crippen LogP) is 5.94. The molecule has 1 aromatic carbocycles. The van der Waals surface area contributed by atoms with Gasteiger partial charge in [-0.1, -0.05) is 23.2 Å². The molecule has 5 heterocycles. The molecule has 43 heavy (non-hydrogen) atoms. The Bertz CT molecular complexity index is 1690. The molecule has 3 aromatic heterocycles. The average molecular weight is 626 g/mol. The molecule has 4 aromatic rings. The molecule has 10 nitrogen and oxygen atoms in total. The number of imidazole rings is 1. The number of benzene rings is 1. The number of methoxy groups -OCH3 is 1. The third-order valence-corrected chi connectivity index (χ3v) is 8.26. The molecular formula is C31H33Cl2N7O3. The fourth-order valence-corrected chi connectivity index (χ4v) is 6.10. The molecule has 12 heteroatoms. The van der Waals surface area contributed by atoms with Crippen molar-refractivity contribution >= 4 is 35.1 Å². The summed E-state index contributed by atoms with van der Waals surface area (Å²) in [5, 5.41) is 1.01. The lowest BCUT2D eigenvalue weighted by Gasteiger charge is -2.31. The highest BCUT2D eigenvalue weighted by Crippen LogP contribution is 2.31. The lowest BCUT2D eigenvalue weighted by molar-refractivity contribution is -0.142. The van der Waals surface area contributed by atoms with Crippen LogP contribution in [0, 0.1) is 12.8 Å². The van der Waals surface area contributed by atoms with Gasteiger partial charge >= 0.3 is 5.97 Å². The Morgan fingerprint density at radius 1 is 1.00 bits per heavy atom. The average Bonchev–Trinajstić information content (AvgIpc) is 3.46.